The molecule has 0 radical (unpaired) electrons. The van der Waals surface area contributed by atoms with Gasteiger partial charge >= 0.3 is 12.1 Å². The van der Waals surface area contributed by atoms with E-state index in [1.807, 2.05) is 13.8 Å². The van der Waals surface area contributed by atoms with E-state index >= 15 is 0 Å². The molecule has 0 aromatic carbocycles. The molecule has 0 atom stereocenters. The van der Waals surface area contributed by atoms with E-state index < -0.39 is 12.1 Å². The van der Waals surface area contributed by atoms with Crippen LogP contribution < -0.4 is 11.0 Å². The molecule has 0 amide bonds. The predicted octanol–water partition coefficient (Wildman–Crippen LogP) is 0.757. The van der Waals surface area contributed by atoms with Crippen LogP contribution in [0, 0.1) is 5.92 Å². The maximum absolute atomic E-state index is 11.5. The van der Waals surface area contributed by atoms with Crippen LogP contribution in [0.25, 0.3) is 0 Å². The van der Waals surface area contributed by atoms with E-state index in [9.17, 15) is 18.0 Å². The van der Waals surface area contributed by atoms with Gasteiger partial charge in [-0.3, -0.25) is 0 Å². The lowest BCUT2D eigenvalue weighted by Gasteiger charge is -2.09. The van der Waals surface area contributed by atoms with Gasteiger partial charge < -0.3 is 4.84 Å². The molecular weight excluding hydrogens is 189 g/mol. The van der Waals surface area contributed by atoms with Crippen LogP contribution in [0.3, 0.4) is 0 Å². The highest BCUT2D eigenvalue weighted by Crippen LogP contribution is 2.15. The fourth-order valence-electron chi connectivity index (χ4n) is 0.386. The summed E-state index contributed by atoms with van der Waals surface area (Å²) in [7, 11) is 0. The van der Waals surface area contributed by atoms with Crippen molar-refractivity contribution < 1.29 is 22.8 Å². The highest BCUT2D eigenvalue weighted by molar-refractivity contribution is 5.75. The smallest absolute Gasteiger partial charge is 0.348 e. The Kier molecular flexibility index (Phi) is 4.71. The van der Waals surface area contributed by atoms with Crippen LogP contribution in [0.1, 0.15) is 13.8 Å². The lowest BCUT2D eigenvalue weighted by molar-refractivity contribution is -0.209. The number of carbonyl (C=O) groups is 1. The quantitative estimate of drug-likeness (QED) is 0.519. The van der Waals surface area contributed by atoms with E-state index in [0.29, 0.717) is 6.54 Å². The molecule has 0 fully saturated rings. The monoisotopic (exact) mass is 200 g/mol. The molecule has 0 aromatic heterocycles. The standard InChI is InChI=1S/C6H11F3N2O2/c1-4(2)3-10-11-13-5(12)6(7,8)9/h4,10-11H,3H2,1-2H3. The van der Waals surface area contributed by atoms with Crippen LogP contribution in [0.4, 0.5) is 13.2 Å². The van der Waals surface area contributed by atoms with Gasteiger partial charge in [-0.15, -0.1) is 0 Å². The van der Waals surface area contributed by atoms with Crippen molar-refractivity contribution in [2.75, 3.05) is 6.54 Å². The third-order valence-corrected chi connectivity index (χ3v) is 0.958. The molecule has 13 heavy (non-hydrogen) atoms. The first-order valence-corrected chi connectivity index (χ1v) is 3.60. The summed E-state index contributed by atoms with van der Waals surface area (Å²) < 4.78 is 34.5. The lowest BCUT2D eigenvalue weighted by atomic mass is 10.2. The van der Waals surface area contributed by atoms with Gasteiger partial charge in [-0.05, 0) is 5.92 Å². The Morgan fingerprint density at radius 3 is 2.38 bits per heavy atom. The van der Waals surface area contributed by atoms with Gasteiger partial charge in [0.1, 0.15) is 0 Å². The van der Waals surface area contributed by atoms with E-state index in [0.717, 1.165) is 0 Å². The van der Waals surface area contributed by atoms with Gasteiger partial charge in [0.25, 0.3) is 0 Å². The molecule has 0 bridgehead atoms. The van der Waals surface area contributed by atoms with Crippen LogP contribution in [0.5, 0.6) is 0 Å². The van der Waals surface area contributed by atoms with Crippen LogP contribution >= 0.6 is 0 Å². The first-order chi connectivity index (χ1) is 5.84. The zero-order chi connectivity index (χ0) is 10.5. The van der Waals surface area contributed by atoms with Gasteiger partial charge in [0.2, 0.25) is 0 Å². The number of nitrogens with one attached hydrogen (secondary N) is 2. The van der Waals surface area contributed by atoms with E-state index in [1.54, 1.807) is 5.59 Å². The van der Waals surface area contributed by atoms with Crippen molar-refractivity contribution in [3.63, 3.8) is 0 Å². The zero-order valence-electron chi connectivity index (χ0n) is 7.23. The first-order valence-electron chi connectivity index (χ1n) is 3.60. The summed E-state index contributed by atoms with van der Waals surface area (Å²) in [5.41, 5.74) is 4.00. The number of rotatable bonds is 4. The second-order valence-electron chi connectivity index (χ2n) is 2.76. The summed E-state index contributed by atoms with van der Waals surface area (Å²) in [5, 5.41) is 0. The van der Waals surface area contributed by atoms with Crippen molar-refractivity contribution >= 4 is 5.97 Å². The average Bonchev–Trinajstić information content (AvgIpc) is 1.95. The van der Waals surface area contributed by atoms with E-state index in [4.69, 9.17) is 0 Å². The largest absolute Gasteiger partial charge is 0.492 e. The Morgan fingerprint density at radius 2 is 2.00 bits per heavy atom. The number of hydrazine groups is 1. The summed E-state index contributed by atoms with van der Waals surface area (Å²) in [4.78, 5) is 13.7. The van der Waals surface area contributed by atoms with Crippen molar-refractivity contribution in [1.29, 1.82) is 0 Å². The normalized spacial score (nSPS) is 11.8. The van der Waals surface area contributed by atoms with Crippen LogP contribution in [0.15, 0.2) is 0 Å². The molecule has 0 aliphatic rings. The predicted molar refractivity (Wildman–Crippen MR) is 38.1 cm³/mol. The van der Waals surface area contributed by atoms with Crippen LogP contribution in [-0.4, -0.2) is 18.7 Å². The maximum atomic E-state index is 11.5. The van der Waals surface area contributed by atoms with Crippen LogP contribution in [-0.2, 0) is 9.63 Å². The molecule has 0 aliphatic heterocycles. The van der Waals surface area contributed by atoms with E-state index in [2.05, 4.69) is 10.3 Å². The Labute approximate surface area is 73.4 Å². The summed E-state index contributed by atoms with van der Waals surface area (Å²) in [6.07, 6.45) is -4.97. The fraction of sp³-hybridized carbons (Fsp3) is 0.833. The SMILES string of the molecule is CC(C)CNNOC(=O)C(F)(F)F. The summed E-state index contributed by atoms with van der Waals surface area (Å²) in [6, 6.07) is 0. The van der Waals surface area contributed by atoms with Crippen molar-refractivity contribution in [3.05, 3.63) is 0 Å². The Hall–Kier alpha value is -0.820. The minimum Gasteiger partial charge on any atom is -0.348 e. The number of halogens is 3. The molecule has 0 aromatic rings. The molecule has 7 heteroatoms. The molecule has 0 saturated heterocycles. The third kappa shape index (κ3) is 6.35. The van der Waals surface area contributed by atoms with E-state index in [-0.39, 0.29) is 5.92 Å². The fourth-order valence-corrected chi connectivity index (χ4v) is 0.386. The summed E-state index contributed by atoms with van der Waals surface area (Å²) in [5.74, 6) is -2.04. The number of alkyl halides is 3. The number of carbonyl (C=O) groups excluding carboxylic acids is 1. The first kappa shape index (κ1) is 12.2. The number of hydrogen-bond donors (Lipinski definition) is 2. The molecule has 2 N–H and O–H groups in total. The van der Waals surface area contributed by atoms with Gasteiger partial charge in [-0.25, -0.2) is 10.2 Å². The van der Waals surface area contributed by atoms with Gasteiger partial charge in [0.15, 0.2) is 0 Å². The highest BCUT2D eigenvalue weighted by atomic mass is 19.4. The average molecular weight is 200 g/mol. The molecule has 0 aliphatic carbocycles. The topological polar surface area (TPSA) is 50.4 Å². The second kappa shape index (κ2) is 5.03. The molecule has 0 rings (SSSR count). The molecule has 0 saturated carbocycles. The Morgan fingerprint density at radius 1 is 1.46 bits per heavy atom. The minimum absolute atomic E-state index is 0.233. The molecular formula is C6H11F3N2O2. The van der Waals surface area contributed by atoms with Crippen molar-refractivity contribution in [2.45, 2.75) is 20.0 Å². The maximum Gasteiger partial charge on any atom is 0.492 e. The Balaban J connectivity index is 3.49. The van der Waals surface area contributed by atoms with Crippen molar-refractivity contribution in [3.8, 4) is 0 Å². The highest BCUT2D eigenvalue weighted by Gasteiger charge is 2.41. The second-order valence-corrected chi connectivity index (χ2v) is 2.76. The molecule has 0 unspecified atom stereocenters. The molecule has 0 heterocycles. The minimum atomic E-state index is -4.97. The van der Waals surface area contributed by atoms with E-state index in [1.165, 1.54) is 0 Å². The van der Waals surface area contributed by atoms with Gasteiger partial charge in [0, 0.05) is 6.54 Å². The molecule has 0 spiro atoms. The zero-order valence-corrected chi connectivity index (χ0v) is 7.23. The van der Waals surface area contributed by atoms with Gasteiger partial charge in [-0.2, -0.15) is 13.2 Å². The van der Waals surface area contributed by atoms with Gasteiger partial charge in [0.05, 0.1) is 0 Å². The summed E-state index contributed by atoms with van der Waals surface area (Å²) >= 11 is 0. The van der Waals surface area contributed by atoms with Gasteiger partial charge in [-0.1, -0.05) is 19.4 Å². The van der Waals surface area contributed by atoms with Crippen LogP contribution in [0.2, 0.25) is 0 Å². The Bertz CT molecular complexity index is 170. The van der Waals surface area contributed by atoms with Crippen molar-refractivity contribution in [1.82, 2.24) is 11.0 Å². The summed E-state index contributed by atoms with van der Waals surface area (Å²) in [6.45, 7) is 4.09. The van der Waals surface area contributed by atoms with Crippen molar-refractivity contribution in [2.24, 2.45) is 5.92 Å². The number of hydrogen-bond acceptors (Lipinski definition) is 4. The molecule has 4 nitrogen and oxygen atoms in total. The lowest BCUT2D eigenvalue weighted by Crippen LogP contribution is -2.40. The molecule has 78 valence electrons. The third-order valence-electron chi connectivity index (χ3n) is 0.958.